The number of fused-ring (bicyclic) bond motifs is 1. The molecule has 7 heteroatoms. The number of nitrogens with zero attached hydrogens (tertiary/aromatic N) is 1. The van der Waals surface area contributed by atoms with Crippen molar-refractivity contribution in [2.45, 2.75) is 0 Å². The molecule has 0 unspecified atom stereocenters. The highest BCUT2D eigenvalue weighted by Gasteiger charge is 2.10. The lowest BCUT2D eigenvalue weighted by atomic mass is 10.1. The second-order valence-electron chi connectivity index (χ2n) is 4.04. The van der Waals surface area contributed by atoms with Crippen LogP contribution in [0, 0.1) is 0 Å². The third-order valence-electron chi connectivity index (χ3n) is 2.61. The van der Waals surface area contributed by atoms with E-state index in [0.29, 0.717) is 11.2 Å². The summed E-state index contributed by atoms with van der Waals surface area (Å²) < 4.78 is 4.50. The highest BCUT2D eigenvalue weighted by molar-refractivity contribution is 5.99. The molecule has 0 aliphatic carbocycles. The van der Waals surface area contributed by atoms with Gasteiger partial charge in [0.2, 0.25) is 0 Å². The van der Waals surface area contributed by atoms with E-state index in [0.717, 1.165) is 5.39 Å². The molecule has 0 saturated heterocycles. The summed E-state index contributed by atoms with van der Waals surface area (Å²) in [6.45, 7) is 0.153. The van der Waals surface area contributed by atoms with Gasteiger partial charge in [-0.15, -0.1) is 0 Å². The standard InChI is InChI=1S/C13H14N4O3/c14-9-7-11(12(18)16-5-6-20-13(15)19)17-10-4-2-1-3-8(9)10/h1-4,7H,5-6H2,(H2,14,17)(H2,15,19)(H,16,18). The molecule has 0 bridgehead atoms. The van der Waals surface area contributed by atoms with Crippen LogP contribution < -0.4 is 16.8 Å². The largest absolute Gasteiger partial charge is 0.448 e. The first-order valence-corrected chi connectivity index (χ1v) is 5.93. The minimum Gasteiger partial charge on any atom is -0.448 e. The van der Waals surface area contributed by atoms with E-state index in [9.17, 15) is 9.59 Å². The number of nitrogens with one attached hydrogen (secondary N) is 1. The first-order valence-electron chi connectivity index (χ1n) is 5.93. The van der Waals surface area contributed by atoms with Gasteiger partial charge in [-0.25, -0.2) is 9.78 Å². The highest BCUT2D eigenvalue weighted by Crippen LogP contribution is 2.19. The Morgan fingerprint density at radius 3 is 2.80 bits per heavy atom. The molecule has 20 heavy (non-hydrogen) atoms. The van der Waals surface area contributed by atoms with Crippen molar-refractivity contribution in [1.29, 1.82) is 0 Å². The van der Waals surface area contributed by atoms with Crippen molar-refractivity contribution in [3.8, 4) is 0 Å². The maximum absolute atomic E-state index is 11.9. The molecule has 0 spiro atoms. The summed E-state index contributed by atoms with van der Waals surface area (Å²) in [5, 5.41) is 3.35. The summed E-state index contributed by atoms with van der Waals surface area (Å²) in [4.78, 5) is 26.5. The topological polar surface area (TPSA) is 120 Å². The zero-order valence-corrected chi connectivity index (χ0v) is 10.6. The number of rotatable bonds is 4. The molecule has 0 fully saturated rings. The van der Waals surface area contributed by atoms with Crippen molar-refractivity contribution in [1.82, 2.24) is 10.3 Å². The second kappa shape index (κ2) is 5.87. The summed E-state index contributed by atoms with van der Waals surface area (Å²) in [6, 6.07) is 8.78. The molecule has 0 aliphatic rings. The van der Waals surface area contributed by atoms with Crippen LogP contribution in [0.4, 0.5) is 10.5 Å². The quantitative estimate of drug-likeness (QED) is 0.706. The molecule has 104 valence electrons. The van der Waals surface area contributed by atoms with Gasteiger partial charge in [0.1, 0.15) is 12.3 Å². The molecule has 0 radical (unpaired) electrons. The van der Waals surface area contributed by atoms with Crippen LogP contribution in [-0.4, -0.2) is 30.1 Å². The van der Waals surface area contributed by atoms with E-state index in [2.05, 4.69) is 15.0 Å². The summed E-state index contributed by atoms with van der Waals surface area (Å²) in [5.74, 6) is -0.393. The van der Waals surface area contributed by atoms with E-state index in [4.69, 9.17) is 11.5 Å². The number of benzene rings is 1. The highest BCUT2D eigenvalue weighted by atomic mass is 16.5. The Morgan fingerprint density at radius 1 is 1.30 bits per heavy atom. The number of carbonyl (C=O) groups is 2. The Kier molecular flexibility index (Phi) is 3.99. The number of nitrogens with two attached hydrogens (primary N) is 2. The van der Waals surface area contributed by atoms with E-state index in [1.54, 1.807) is 6.07 Å². The number of nitrogen functional groups attached to an aromatic ring is 1. The molecule has 1 aromatic heterocycles. The lowest BCUT2D eigenvalue weighted by Gasteiger charge is -2.07. The number of amides is 2. The zero-order valence-electron chi connectivity index (χ0n) is 10.6. The van der Waals surface area contributed by atoms with Crippen molar-refractivity contribution in [2.75, 3.05) is 18.9 Å². The fourth-order valence-electron chi connectivity index (χ4n) is 1.73. The van der Waals surface area contributed by atoms with Crippen LogP contribution >= 0.6 is 0 Å². The number of pyridine rings is 1. The summed E-state index contributed by atoms with van der Waals surface area (Å²) in [7, 11) is 0. The predicted molar refractivity (Wildman–Crippen MR) is 74.0 cm³/mol. The number of aromatic nitrogens is 1. The van der Waals surface area contributed by atoms with Gasteiger partial charge in [-0.1, -0.05) is 18.2 Å². The third-order valence-corrected chi connectivity index (χ3v) is 2.61. The average Bonchev–Trinajstić information content (AvgIpc) is 2.43. The summed E-state index contributed by atoms with van der Waals surface area (Å²) in [6.07, 6.45) is -0.882. The van der Waals surface area contributed by atoms with Gasteiger partial charge in [-0.05, 0) is 12.1 Å². The molecule has 2 aromatic rings. The van der Waals surface area contributed by atoms with E-state index in [-0.39, 0.29) is 18.8 Å². The van der Waals surface area contributed by atoms with Gasteiger partial charge in [0, 0.05) is 11.1 Å². The minimum absolute atomic E-state index is 0.00410. The molecule has 0 aliphatic heterocycles. The number of primary amides is 1. The molecular weight excluding hydrogens is 260 g/mol. The van der Waals surface area contributed by atoms with Gasteiger partial charge >= 0.3 is 6.09 Å². The molecule has 1 aromatic carbocycles. The smallest absolute Gasteiger partial charge is 0.404 e. The molecule has 1 heterocycles. The lowest BCUT2D eigenvalue weighted by Crippen LogP contribution is -2.29. The number of hydrogen-bond acceptors (Lipinski definition) is 5. The Balaban J connectivity index is 2.08. The second-order valence-corrected chi connectivity index (χ2v) is 4.04. The Labute approximate surface area is 114 Å². The molecule has 7 nitrogen and oxygen atoms in total. The van der Waals surface area contributed by atoms with Crippen molar-refractivity contribution >= 4 is 28.6 Å². The van der Waals surface area contributed by atoms with Gasteiger partial charge in [0.05, 0.1) is 12.1 Å². The predicted octanol–water partition coefficient (Wildman–Crippen LogP) is 0.642. The zero-order chi connectivity index (χ0) is 14.5. The summed E-state index contributed by atoms with van der Waals surface area (Å²) >= 11 is 0. The number of ether oxygens (including phenoxy) is 1. The van der Waals surface area contributed by atoms with Gasteiger partial charge in [0.25, 0.3) is 5.91 Å². The van der Waals surface area contributed by atoms with Gasteiger partial charge in [0.15, 0.2) is 0 Å². The van der Waals surface area contributed by atoms with Gasteiger partial charge in [-0.2, -0.15) is 0 Å². The molecule has 5 N–H and O–H groups in total. The number of hydrogen-bond donors (Lipinski definition) is 3. The minimum atomic E-state index is -0.882. The Bertz CT molecular complexity index is 657. The number of anilines is 1. The van der Waals surface area contributed by atoms with Crippen molar-refractivity contribution in [3.05, 3.63) is 36.0 Å². The first kappa shape index (κ1) is 13.6. The fraction of sp³-hybridized carbons (Fsp3) is 0.154. The normalized spacial score (nSPS) is 10.2. The number of carbonyl (C=O) groups excluding carboxylic acids is 2. The number of para-hydroxylation sites is 1. The van der Waals surface area contributed by atoms with Crippen LogP contribution in [0.3, 0.4) is 0 Å². The van der Waals surface area contributed by atoms with Gasteiger partial charge < -0.3 is 21.5 Å². The monoisotopic (exact) mass is 274 g/mol. The van der Waals surface area contributed by atoms with Crippen LogP contribution in [0.2, 0.25) is 0 Å². The van der Waals surface area contributed by atoms with Crippen LogP contribution in [0.1, 0.15) is 10.5 Å². The van der Waals surface area contributed by atoms with Crippen molar-refractivity contribution in [3.63, 3.8) is 0 Å². The lowest BCUT2D eigenvalue weighted by molar-refractivity contribution is 0.0932. The van der Waals surface area contributed by atoms with E-state index in [1.165, 1.54) is 6.07 Å². The Morgan fingerprint density at radius 2 is 2.05 bits per heavy atom. The SMILES string of the molecule is NC(=O)OCCNC(=O)c1cc(N)c2ccccc2n1. The van der Waals surface area contributed by atoms with Gasteiger partial charge in [-0.3, -0.25) is 4.79 Å². The molecular formula is C13H14N4O3. The Hall–Kier alpha value is -2.83. The van der Waals surface area contributed by atoms with Crippen molar-refractivity contribution < 1.29 is 14.3 Å². The van der Waals surface area contributed by atoms with E-state index < -0.39 is 12.0 Å². The molecule has 2 amide bonds. The molecule has 0 atom stereocenters. The molecule has 0 saturated carbocycles. The van der Waals surface area contributed by atoms with Crippen LogP contribution in [0.5, 0.6) is 0 Å². The summed E-state index contributed by atoms with van der Waals surface area (Å²) in [5.41, 5.74) is 12.0. The average molecular weight is 274 g/mol. The van der Waals surface area contributed by atoms with Crippen LogP contribution in [0.15, 0.2) is 30.3 Å². The first-order chi connectivity index (χ1) is 9.58. The van der Waals surface area contributed by atoms with Crippen LogP contribution in [-0.2, 0) is 4.74 Å². The molecule has 2 rings (SSSR count). The van der Waals surface area contributed by atoms with Crippen LogP contribution in [0.25, 0.3) is 10.9 Å². The maximum Gasteiger partial charge on any atom is 0.404 e. The third kappa shape index (κ3) is 3.14. The van der Waals surface area contributed by atoms with E-state index >= 15 is 0 Å². The fourth-order valence-corrected chi connectivity index (χ4v) is 1.73. The van der Waals surface area contributed by atoms with Crippen molar-refractivity contribution in [2.24, 2.45) is 5.73 Å². The van der Waals surface area contributed by atoms with E-state index in [1.807, 2.05) is 18.2 Å². The maximum atomic E-state index is 11.9.